The van der Waals surface area contributed by atoms with Gasteiger partial charge in [-0.05, 0) is 32.8 Å². The van der Waals surface area contributed by atoms with Crippen molar-refractivity contribution in [3.63, 3.8) is 0 Å². The lowest BCUT2D eigenvalue weighted by molar-refractivity contribution is 0.0646. The number of aryl methyl sites for hydroxylation is 1. The van der Waals surface area contributed by atoms with Crippen LogP contribution in [0, 0.1) is 6.92 Å². The molecule has 0 aliphatic heterocycles. The predicted molar refractivity (Wildman–Crippen MR) is 105 cm³/mol. The molecular weight excluding hydrogens is 332 g/mol. The first-order valence-electron chi connectivity index (χ1n) is 8.79. The summed E-state index contributed by atoms with van der Waals surface area (Å²) >= 11 is 1.69. The molecule has 0 aliphatic rings. The molecule has 2 rings (SSSR count). The molecule has 1 atom stereocenters. The third kappa shape index (κ3) is 7.23. The SMILES string of the molecule is CCNC(=NCc1ncc(C)s1)NCCCOC(C)c1ccccc1. The van der Waals surface area contributed by atoms with Crippen LogP contribution < -0.4 is 10.6 Å². The Hall–Kier alpha value is -1.92. The summed E-state index contributed by atoms with van der Waals surface area (Å²) in [5.74, 6) is 0.825. The minimum absolute atomic E-state index is 0.122. The number of hydrogen-bond donors (Lipinski definition) is 2. The van der Waals surface area contributed by atoms with E-state index in [9.17, 15) is 0 Å². The second-order valence-electron chi connectivity index (χ2n) is 5.76. The van der Waals surface area contributed by atoms with E-state index in [1.54, 1.807) is 11.3 Å². The van der Waals surface area contributed by atoms with Crippen LogP contribution in [-0.2, 0) is 11.3 Å². The van der Waals surface area contributed by atoms with Gasteiger partial charge in [-0.2, -0.15) is 0 Å². The van der Waals surface area contributed by atoms with Crippen LogP contribution in [-0.4, -0.2) is 30.6 Å². The van der Waals surface area contributed by atoms with Crippen molar-refractivity contribution < 1.29 is 4.74 Å². The third-order valence-corrected chi connectivity index (χ3v) is 4.53. The standard InChI is InChI=1S/C19H28N4OS/c1-4-20-19(23-14-18-22-13-15(2)25-18)21-11-8-12-24-16(3)17-9-6-5-7-10-17/h5-7,9-10,13,16H,4,8,11-12,14H2,1-3H3,(H2,20,21,23). The summed E-state index contributed by atoms with van der Waals surface area (Å²) in [4.78, 5) is 10.1. The molecule has 1 aromatic carbocycles. The van der Waals surface area contributed by atoms with Crippen LogP contribution in [0.5, 0.6) is 0 Å². The van der Waals surface area contributed by atoms with Crippen molar-refractivity contribution in [1.82, 2.24) is 15.6 Å². The third-order valence-electron chi connectivity index (χ3n) is 3.64. The van der Waals surface area contributed by atoms with Gasteiger partial charge in [0.1, 0.15) is 5.01 Å². The van der Waals surface area contributed by atoms with E-state index in [1.165, 1.54) is 10.4 Å². The van der Waals surface area contributed by atoms with E-state index in [4.69, 9.17) is 4.74 Å². The molecule has 0 spiro atoms. The van der Waals surface area contributed by atoms with Crippen LogP contribution in [0.4, 0.5) is 0 Å². The van der Waals surface area contributed by atoms with Crippen molar-refractivity contribution in [3.05, 3.63) is 52.0 Å². The number of hydrogen-bond acceptors (Lipinski definition) is 4. The highest BCUT2D eigenvalue weighted by Gasteiger charge is 2.04. The van der Waals surface area contributed by atoms with Crippen molar-refractivity contribution in [2.45, 2.75) is 39.8 Å². The Morgan fingerprint density at radius 3 is 2.76 bits per heavy atom. The first-order chi connectivity index (χ1) is 12.2. The Labute approximate surface area is 154 Å². The number of nitrogens with zero attached hydrogens (tertiary/aromatic N) is 2. The monoisotopic (exact) mass is 360 g/mol. The number of nitrogens with one attached hydrogen (secondary N) is 2. The Morgan fingerprint density at radius 2 is 2.08 bits per heavy atom. The molecule has 0 fully saturated rings. The number of ether oxygens (including phenoxy) is 1. The van der Waals surface area contributed by atoms with Crippen molar-refractivity contribution in [2.24, 2.45) is 4.99 Å². The molecular formula is C19H28N4OS. The van der Waals surface area contributed by atoms with E-state index in [1.807, 2.05) is 24.4 Å². The van der Waals surface area contributed by atoms with Gasteiger partial charge in [0, 0.05) is 30.8 Å². The summed E-state index contributed by atoms with van der Waals surface area (Å²) in [6, 6.07) is 10.3. The zero-order chi connectivity index (χ0) is 17.9. The average Bonchev–Trinajstić information content (AvgIpc) is 3.05. The van der Waals surface area contributed by atoms with E-state index >= 15 is 0 Å². The van der Waals surface area contributed by atoms with Gasteiger partial charge in [0.25, 0.3) is 0 Å². The van der Waals surface area contributed by atoms with Gasteiger partial charge in [-0.25, -0.2) is 9.98 Å². The molecule has 1 heterocycles. The lowest BCUT2D eigenvalue weighted by atomic mass is 10.1. The smallest absolute Gasteiger partial charge is 0.191 e. The molecule has 1 aromatic heterocycles. The number of benzene rings is 1. The Kier molecular flexibility index (Phi) is 8.42. The molecule has 0 bridgehead atoms. The van der Waals surface area contributed by atoms with Crippen LogP contribution in [0.3, 0.4) is 0 Å². The van der Waals surface area contributed by atoms with Gasteiger partial charge in [0.2, 0.25) is 0 Å². The summed E-state index contributed by atoms with van der Waals surface area (Å²) in [6.07, 6.45) is 2.94. The Balaban J connectivity index is 1.68. The first kappa shape index (κ1) is 19.4. The number of thiazole rings is 1. The van der Waals surface area contributed by atoms with Gasteiger partial charge < -0.3 is 15.4 Å². The molecule has 0 saturated carbocycles. The number of rotatable bonds is 9. The second-order valence-corrected chi connectivity index (χ2v) is 7.08. The number of aliphatic imine (C=N–C) groups is 1. The van der Waals surface area contributed by atoms with Crippen LogP contribution >= 0.6 is 11.3 Å². The van der Waals surface area contributed by atoms with Crippen molar-refractivity contribution in [2.75, 3.05) is 19.7 Å². The van der Waals surface area contributed by atoms with Crippen LogP contribution in [0.15, 0.2) is 41.5 Å². The lowest BCUT2D eigenvalue weighted by Gasteiger charge is -2.14. The Morgan fingerprint density at radius 1 is 1.28 bits per heavy atom. The van der Waals surface area contributed by atoms with E-state index in [-0.39, 0.29) is 6.10 Å². The van der Waals surface area contributed by atoms with Crippen molar-refractivity contribution in [1.29, 1.82) is 0 Å². The average molecular weight is 361 g/mol. The second kappa shape index (κ2) is 10.8. The molecule has 0 radical (unpaired) electrons. The zero-order valence-corrected chi connectivity index (χ0v) is 16.1. The van der Waals surface area contributed by atoms with E-state index in [0.717, 1.165) is 30.5 Å². The van der Waals surface area contributed by atoms with Crippen molar-refractivity contribution in [3.8, 4) is 0 Å². The summed E-state index contributed by atoms with van der Waals surface area (Å²) in [6.45, 7) is 9.20. The zero-order valence-electron chi connectivity index (χ0n) is 15.3. The maximum absolute atomic E-state index is 5.89. The molecule has 5 nitrogen and oxygen atoms in total. The van der Waals surface area contributed by atoms with Gasteiger partial charge in [-0.15, -0.1) is 11.3 Å². The van der Waals surface area contributed by atoms with E-state index in [2.05, 4.69) is 53.5 Å². The maximum Gasteiger partial charge on any atom is 0.191 e. The summed E-state index contributed by atoms with van der Waals surface area (Å²) in [7, 11) is 0. The predicted octanol–water partition coefficient (Wildman–Crippen LogP) is 3.67. The maximum atomic E-state index is 5.89. The van der Waals surface area contributed by atoms with Gasteiger partial charge in [-0.1, -0.05) is 30.3 Å². The quantitative estimate of drug-likeness (QED) is 0.407. The fourth-order valence-electron chi connectivity index (χ4n) is 2.32. The van der Waals surface area contributed by atoms with Gasteiger partial charge in [-0.3, -0.25) is 0 Å². The largest absolute Gasteiger partial charge is 0.374 e. The van der Waals surface area contributed by atoms with E-state index < -0.39 is 0 Å². The highest BCUT2D eigenvalue weighted by atomic mass is 32.1. The van der Waals surface area contributed by atoms with Crippen LogP contribution in [0.2, 0.25) is 0 Å². The van der Waals surface area contributed by atoms with Gasteiger partial charge in [0.05, 0.1) is 12.6 Å². The molecule has 136 valence electrons. The topological polar surface area (TPSA) is 58.5 Å². The van der Waals surface area contributed by atoms with Crippen molar-refractivity contribution >= 4 is 17.3 Å². The molecule has 2 aromatic rings. The van der Waals surface area contributed by atoms with Crippen LogP contribution in [0.1, 0.15) is 41.8 Å². The highest BCUT2D eigenvalue weighted by Crippen LogP contribution is 2.15. The molecule has 0 saturated heterocycles. The van der Waals surface area contributed by atoms with Gasteiger partial charge >= 0.3 is 0 Å². The number of aromatic nitrogens is 1. The summed E-state index contributed by atoms with van der Waals surface area (Å²) < 4.78 is 5.89. The molecule has 6 heteroatoms. The fraction of sp³-hybridized carbons (Fsp3) is 0.474. The Bertz CT molecular complexity index is 642. The summed E-state index contributed by atoms with van der Waals surface area (Å²) in [5.41, 5.74) is 1.21. The minimum Gasteiger partial charge on any atom is -0.374 e. The fourth-order valence-corrected chi connectivity index (χ4v) is 3.03. The molecule has 0 aliphatic carbocycles. The number of guanidine groups is 1. The minimum atomic E-state index is 0.122. The molecule has 1 unspecified atom stereocenters. The first-order valence-corrected chi connectivity index (χ1v) is 9.60. The molecule has 2 N–H and O–H groups in total. The normalized spacial score (nSPS) is 12.8. The highest BCUT2D eigenvalue weighted by molar-refractivity contribution is 7.11. The van der Waals surface area contributed by atoms with Crippen LogP contribution in [0.25, 0.3) is 0 Å². The molecule has 0 amide bonds. The molecule has 25 heavy (non-hydrogen) atoms. The van der Waals surface area contributed by atoms with Gasteiger partial charge in [0.15, 0.2) is 5.96 Å². The van der Waals surface area contributed by atoms with E-state index in [0.29, 0.717) is 13.2 Å². The lowest BCUT2D eigenvalue weighted by Crippen LogP contribution is -2.38. The summed E-state index contributed by atoms with van der Waals surface area (Å²) in [5, 5.41) is 7.64.